The van der Waals surface area contributed by atoms with Crippen LogP contribution in [0.15, 0.2) is 59.4 Å². The standard InChI is InChI=1S/C18H15FN2O/c19-15-9-7-14-5-3-11-20(17(14)12-15)21-16-6-2-1-4-13(16)8-10-18(21)22/h1-2,4,6-10,12H,3,5,11H2. The van der Waals surface area contributed by atoms with Crippen LogP contribution >= 0.6 is 0 Å². The third-order valence-corrected chi connectivity index (χ3v) is 4.16. The number of aromatic nitrogens is 1. The molecule has 1 aliphatic rings. The number of rotatable bonds is 1. The molecule has 1 aromatic heterocycles. The van der Waals surface area contributed by atoms with Crippen molar-refractivity contribution in [2.24, 2.45) is 0 Å². The Morgan fingerprint density at radius 1 is 1.00 bits per heavy atom. The Balaban J connectivity index is 2.00. The molecule has 0 saturated heterocycles. The van der Waals surface area contributed by atoms with E-state index in [1.165, 1.54) is 12.1 Å². The van der Waals surface area contributed by atoms with E-state index in [0.717, 1.165) is 35.0 Å². The lowest BCUT2D eigenvalue weighted by Crippen LogP contribution is -2.41. The number of hydrogen-bond acceptors (Lipinski definition) is 2. The zero-order valence-electron chi connectivity index (χ0n) is 12.0. The summed E-state index contributed by atoms with van der Waals surface area (Å²) in [6.45, 7) is 0.699. The Kier molecular flexibility index (Phi) is 2.96. The van der Waals surface area contributed by atoms with Crippen LogP contribution in [0, 0.1) is 5.82 Å². The van der Waals surface area contributed by atoms with Crippen molar-refractivity contribution < 1.29 is 4.39 Å². The molecule has 110 valence electrons. The van der Waals surface area contributed by atoms with Gasteiger partial charge in [0.05, 0.1) is 11.2 Å². The fraction of sp³-hybridized carbons (Fsp3) is 0.167. The number of nitrogens with zero attached hydrogens (tertiary/aromatic N) is 2. The molecule has 0 N–H and O–H groups in total. The molecule has 0 spiro atoms. The molecule has 3 aromatic rings. The van der Waals surface area contributed by atoms with Crippen LogP contribution in [0.1, 0.15) is 12.0 Å². The van der Waals surface area contributed by atoms with Crippen LogP contribution in [-0.4, -0.2) is 11.2 Å². The minimum Gasteiger partial charge on any atom is -0.278 e. The average Bonchev–Trinajstić information content (AvgIpc) is 2.54. The number of pyridine rings is 1. The second-order valence-electron chi connectivity index (χ2n) is 5.54. The molecule has 2 heterocycles. The topological polar surface area (TPSA) is 25.2 Å². The van der Waals surface area contributed by atoms with E-state index in [1.807, 2.05) is 41.4 Å². The Hall–Kier alpha value is -2.62. The molecule has 0 atom stereocenters. The largest absolute Gasteiger partial charge is 0.278 e. The van der Waals surface area contributed by atoms with Crippen molar-refractivity contribution in [3.05, 3.63) is 76.3 Å². The first-order valence-electron chi connectivity index (χ1n) is 7.41. The summed E-state index contributed by atoms with van der Waals surface area (Å²) in [6, 6.07) is 16.0. The van der Waals surface area contributed by atoms with Gasteiger partial charge in [-0.1, -0.05) is 24.3 Å². The summed E-state index contributed by atoms with van der Waals surface area (Å²) in [5.41, 5.74) is 2.60. The summed E-state index contributed by atoms with van der Waals surface area (Å²) >= 11 is 0. The highest BCUT2D eigenvalue weighted by Crippen LogP contribution is 2.29. The van der Waals surface area contributed by atoms with E-state index in [-0.39, 0.29) is 11.4 Å². The van der Waals surface area contributed by atoms with E-state index in [2.05, 4.69) is 0 Å². The third-order valence-electron chi connectivity index (χ3n) is 4.16. The first-order chi connectivity index (χ1) is 10.7. The van der Waals surface area contributed by atoms with E-state index in [1.54, 1.807) is 10.7 Å². The summed E-state index contributed by atoms with van der Waals surface area (Å²) in [7, 11) is 0. The highest BCUT2D eigenvalue weighted by atomic mass is 19.1. The molecule has 4 heteroatoms. The maximum absolute atomic E-state index is 13.7. The minimum atomic E-state index is -0.279. The second kappa shape index (κ2) is 4.98. The first-order valence-corrected chi connectivity index (χ1v) is 7.41. The van der Waals surface area contributed by atoms with Crippen LogP contribution in [-0.2, 0) is 6.42 Å². The van der Waals surface area contributed by atoms with Crippen LogP contribution in [0.2, 0.25) is 0 Å². The molecule has 0 radical (unpaired) electrons. The Labute approximate surface area is 127 Å². The predicted octanol–water partition coefficient (Wildman–Crippen LogP) is 3.36. The Bertz CT molecular complexity index is 916. The predicted molar refractivity (Wildman–Crippen MR) is 85.7 cm³/mol. The number of anilines is 1. The van der Waals surface area contributed by atoms with Crippen molar-refractivity contribution >= 4 is 16.6 Å². The van der Waals surface area contributed by atoms with Crippen molar-refractivity contribution in [1.82, 2.24) is 4.68 Å². The zero-order valence-corrected chi connectivity index (χ0v) is 12.0. The van der Waals surface area contributed by atoms with Gasteiger partial charge in [0.2, 0.25) is 0 Å². The molecule has 1 aliphatic heterocycles. The third kappa shape index (κ3) is 1.99. The molecule has 2 aromatic carbocycles. The summed E-state index contributed by atoms with van der Waals surface area (Å²) in [4.78, 5) is 12.5. The summed E-state index contributed by atoms with van der Waals surface area (Å²) < 4.78 is 15.3. The molecular formula is C18H15FN2O. The number of para-hydroxylation sites is 1. The van der Waals surface area contributed by atoms with E-state index < -0.39 is 0 Å². The fourth-order valence-corrected chi connectivity index (χ4v) is 3.16. The lowest BCUT2D eigenvalue weighted by molar-refractivity contribution is 0.601. The highest BCUT2D eigenvalue weighted by Gasteiger charge is 2.20. The molecule has 0 saturated carbocycles. The van der Waals surface area contributed by atoms with Gasteiger partial charge in [0.25, 0.3) is 5.56 Å². The minimum absolute atomic E-state index is 0.101. The molecule has 4 rings (SSSR count). The Morgan fingerprint density at radius 3 is 2.77 bits per heavy atom. The summed E-state index contributed by atoms with van der Waals surface area (Å²) in [5, 5.41) is 2.89. The van der Waals surface area contributed by atoms with Crippen LogP contribution in [0.3, 0.4) is 0 Å². The number of aryl methyl sites for hydroxylation is 1. The van der Waals surface area contributed by atoms with Crippen molar-refractivity contribution in [1.29, 1.82) is 0 Å². The SMILES string of the molecule is O=c1ccc2ccccc2n1N1CCCc2ccc(F)cc21. The van der Waals surface area contributed by atoms with Gasteiger partial charge in [0.1, 0.15) is 5.82 Å². The van der Waals surface area contributed by atoms with Crippen molar-refractivity contribution in [3.63, 3.8) is 0 Å². The van der Waals surface area contributed by atoms with Gasteiger partial charge in [-0.15, -0.1) is 0 Å². The van der Waals surface area contributed by atoms with Gasteiger partial charge >= 0.3 is 0 Å². The van der Waals surface area contributed by atoms with E-state index in [9.17, 15) is 9.18 Å². The number of halogens is 1. The molecule has 0 unspecified atom stereocenters. The molecule has 0 aliphatic carbocycles. The van der Waals surface area contributed by atoms with Gasteiger partial charge in [-0.3, -0.25) is 9.80 Å². The van der Waals surface area contributed by atoms with Gasteiger partial charge in [0.15, 0.2) is 0 Å². The van der Waals surface area contributed by atoms with Crippen LogP contribution < -0.4 is 10.6 Å². The second-order valence-corrected chi connectivity index (χ2v) is 5.54. The monoisotopic (exact) mass is 294 g/mol. The first kappa shape index (κ1) is 13.1. The van der Waals surface area contributed by atoms with Crippen molar-refractivity contribution in [2.75, 3.05) is 11.6 Å². The fourth-order valence-electron chi connectivity index (χ4n) is 3.16. The maximum Gasteiger partial charge on any atom is 0.269 e. The molecule has 0 bridgehead atoms. The summed E-state index contributed by atoms with van der Waals surface area (Å²) in [5.74, 6) is -0.279. The molecular weight excluding hydrogens is 279 g/mol. The van der Waals surface area contributed by atoms with Gasteiger partial charge in [-0.25, -0.2) is 9.07 Å². The van der Waals surface area contributed by atoms with Crippen LogP contribution in [0.25, 0.3) is 10.9 Å². The summed E-state index contributed by atoms with van der Waals surface area (Å²) in [6.07, 6.45) is 1.85. The quantitative estimate of drug-likeness (QED) is 0.687. The lowest BCUT2D eigenvalue weighted by atomic mass is 10.0. The smallest absolute Gasteiger partial charge is 0.269 e. The molecule has 3 nitrogen and oxygen atoms in total. The zero-order chi connectivity index (χ0) is 15.1. The van der Waals surface area contributed by atoms with E-state index >= 15 is 0 Å². The lowest BCUT2D eigenvalue weighted by Gasteiger charge is -2.33. The van der Waals surface area contributed by atoms with Gasteiger partial charge in [0, 0.05) is 18.0 Å². The average molecular weight is 294 g/mol. The normalized spacial score (nSPS) is 14.1. The van der Waals surface area contributed by atoms with E-state index in [4.69, 9.17) is 0 Å². The van der Waals surface area contributed by atoms with Crippen molar-refractivity contribution in [3.8, 4) is 0 Å². The Morgan fingerprint density at radius 2 is 1.86 bits per heavy atom. The molecule has 0 amide bonds. The van der Waals surface area contributed by atoms with Crippen LogP contribution in [0.4, 0.5) is 10.1 Å². The van der Waals surface area contributed by atoms with Gasteiger partial charge < -0.3 is 0 Å². The van der Waals surface area contributed by atoms with E-state index in [0.29, 0.717) is 6.54 Å². The number of benzene rings is 2. The van der Waals surface area contributed by atoms with Gasteiger partial charge in [-0.05, 0) is 42.7 Å². The number of fused-ring (bicyclic) bond motifs is 2. The highest BCUT2D eigenvalue weighted by molar-refractivity contribution is 5.79. The van der Waals surface area contributed by atoms with Crippen LogP contribution in [0.5, 0.6) is 0 Å². The molecule has 22 heavy (non-hydrogen) atoms. The maximum atomic E-state index is 13.7. The van der Waals surface area contributed by atoms with Crippen molar-refractivity contribution in [2.45, 2.75) is 12.8 Å². The number of hydrogen-bond donors (Lipinski definition) is 0. The molecule has 0 fully saturated rings. The van der Waals surface area contributed by atoms with Gasteiger partial charge in [-0.2, -0.15) is 0 Å².